The first-order chi connectivity index (χ1) is 15.0. The first-order valence-corrected chi connectivity index (χ1v) is 9.78. The van der Waals surface area contributed by atoms with Crippen LogP contribution >= 0.6 is 0 Å². The normalized spacial score (nSPS) is 15.1. The molecule has 1 aliphatic heterocycles. The summed E-state index contributed by atoms with van der Waals surface area (Å²) in [5.41, 5.74) is 1.84. The highest BCUT2D eigenvalue weighted by Gasteiger charge is 2.30. The topological polar surface area (TPSA) is 96.3 Å². The summed E-state index contributed by atoms with van der Waals surface area (Å²) in [6.45, 7) is 2.41. The Balaban J connectivity index is 1.50. The minimum Gasteiger partial charge on any atom is -0.378 e. The maximum atomic E-state index is 13.0. The number of hydrogen-bond donors (Lipinski definition) is 2. The predicted octanol–water partition coefficient (Wildman–Crippen LogP) is 2.55. The first-order valence-electron chi connectivity index (χ1n) is 9.78. The van der Waals surface area contributed by atoms with Crippen LogP contribution in [0.1, 0.15) is 11.4 Å². The van der Waals surface area contributed by atoms with E-state index in [-0.39, 0.29) is 17.8 Å². The highest BCUT2D eigenvalue weighted by Crippen LogP contribution is 2.26. The summed E-state index contributed by atoms with van der Waals surface area (Å²) in [5.74, 6) is 1.30. The molecule has 4 heterocycles. The van der Waals surface area contributed by atoms with E-state index < -0.39 is 12.6 Å². The molecular weight excluding hydrogens is 413 g/mol. The molecule has 0 spiro atoms. The fourth-order valence-electron chi connectivity index (χ4n) is 3.52. The number of benzene rings is 1. The van der Waals surface area contributed by atoms with Crippen LogP contribution in [0.4, 0.5) is 25.1 Å². The van der Waals surface area contributed by atoms with Gasteiger partial charge in [-0.3, -0.25) is 0 Å². The van der Waals surface area contributed by atoms with Crippen molar-refractivity contribution < 1.29 is 17.9 Å². The summed E-state index contributed by atoms with van der Waals surface area (Å²) in [4.78, 5) is 18.5. The molecule has 0 aliphatic carbocycles. The molecule has 162 valence electrons. The van der Waals surface area contributed by atoms with E-state index in [4.69, 9.17) is 4.74 Å². The lowest BCUT2D eigenvalue weighted by Crippen LogP contribution is -2.37. The maximum Gasteiger partial charge on any atom is 0.393 e. The van der Waals surface area contributed by atoms with Crippen LogP contribution in [-0.2, 0) is 17.7 Å². The van der Waals surface area contributed by atoms with Crippen LogP contribution in [0, 0.1) is 0 Å². The number of H-pyrrole nitrogens is 1. The largest absolute Gasteiger partial charge is 0.393 e. The Morgan fingerprint density at radius 1 is 1.10 bits per heavy atom. The maximum absolute atomic E-state index is 13.0. The van der Waals surface area contributed by atoms with Gasteiger partial charge in [-0.1, -0.05) is 12.1 Å². The number of aromatic nitrogens is 6. The lowest BCUT2D eigenvalue weighted by atomic mass is 10.2. The molecule has 0 unspecified atom stereocenters. The van der Waals surface area contributed by atoms with E-state index in [1.54, 1.807) is 0 Å². The molecule has 5 rings (SSSR count). The van der Waals surface area contributed by atoms with Gasteiger partial charge in [-0.2, -0.15) is 32.8 Å². The summed E-state index contributed by atoms with van der Waals surface area (Å²) in [6, 6.07) is 7.62. The van der Waals surface area contributed by atoms with Gasteiger partial charge in [0.15, 0.2) is 5.65 Å². The molecule has 1 aromatic carbocycles. The lowest BCUT2D eigenvalue weighted by molar-refractivity contribution is -0.127. The van der Waals surface area contributed by atoms with Gasteiger partial charge in [-0.25, -0.2) is 4.98 Å². The number of alkyl halides is 3. The van der Waals surface area contributed by atoms with E-state index >= 15 is 0 Å². The zero-order valence-electron chi connectivity index (χ0n) is 16.4. The Morgan fingerprint density at radius 2 is 1.90 bits per heavy atom. The number of morpholine rings is 1. The number of nitrogens with one attached hydrogen (secondary N) is 2. The average Bonchev–Trinajstić information content (AvgIpc) is 3.35. The highest BCUT2D eigenvalue weighted by atomic mass is 19.4. The van der Waals surface area contributed by atoms with Crippen molar-refractivity contribution in [2.45, 2.75) is 19.1 Å². The molecule has 12 heteroatoms. The molecule has 0 atom stereocenters. The third kappa shape index (κ3) is 4.10. The summed E-state index contributed by atoms with van der Waals surface area (Å²) < 4.78 is 45.8. The van der Waals surface area contributed by atoms with Crippen LogP contribution in [0.2, 0.25) is 0 Å². The average molecular weight is 432 g/mol. The highest BCUT2D eigenvalue weighted by molar-refractivity contribution is 5.74. The van der Waals surface area contributed by atoms with Crippen LogP contribution in [0.25, 0.3) is 16.7 Å². The second-order valence-electron chi connectivity index (χ2n) is 7.20. The van der Waals surface area contributed by atoms with Gasteiger partial charge in [0, 0.05) is 18.7 Å². The molecule has 31 heavy (non-hydrogen) atoms. The summed E-state index contributed by atoms with van der Waals surface area (Å²) >= 11 is 0. The third-order valence-electron chi connectivity index (χ3n) is 4.97. The Kier molecular flexibility index (Phi) is 4.85. The number of imidazole rings is 1. The van der Waals surface area contributed by atoms with Gasteiger partial charge in [-0.15, -0.1) is 0 Å². The SMILES string of the molecule is FC(F)(F)Cc1cnn2c(NCc3nc4ccccc4[nH]3)nc(N3CCOCC3)nc12. The van der Waals surface area contributed by atoms with Crippen LogP contribution in [0.15, 0.2) is 30.5 Å². The monoisotopic (exact) mass is 432 g/mol. The van der Waals surface area contributed by atoms with Gasteiger partial charge in [0.2, 0.25) is 11.9 Å². The van der Waals surface area contributed by atoms with E-state index in [9.17, 15) is 13.2 Å². The molecule has 0 bridgehead atoms. The van der Waals surface area contributed by atoms with Crippen molar-refractivity contribution in [2.24, 2.45) is 0 Å². The molecule has 1 aliphatic rings. The molecule has 1 fully saturated rings. The molecule has 1 saturated heterocycles. The van der Waals surface area contributed by atoms with Gasteiger partial charge in [0.1, 0.15) is 5.82 Å². The van der Waals surface area contributed by atoms with Crippen LogP contribution in [-0.4, -0.2) is 62.0 Å². The Hall–Kier alpha value is -3.41. The van der Waals surface area contributed by atoms with Crippen molar-refractivity contribution in [3.05, 3.63) is 41.9 Å². The molecule has 4 aromatic rings. The molecule has 9 nitrogen and oxygen atoms in total. The number of ether oxygens (including phenoxy) is 1. The van der Waals surface area contributed by atoms with Crippen LogP contribution in [0.5, 0.6) is 0 Å². The standard InChI is InChI=1S/C19H19F3N8O/c20-19(21,22)9-12-10-24-30-16(12)27-18(29-5-7-31-8-6-29)28-17(30)23-11-15-25-13-3-1-2-4-14(13)26-15/h1-4,10H,5-9,11H2,(H,25,26)(H,23,27,28). The van der Waals surface area contributed by atoms with Crippen molar-refractivity contribution >= 4 is 28.6 Å². The Labute approximate surface area is 174 Å². The number of aromatic amines is 1. The van der Waals surface area contributed by atoms with E-state index in [0.29, 0.717) is 44.0 Å². The van der Waals surface area contributed by atoms with E-state index in [1.807, 2.05) is 29.2 Å². The smallest absolute Gasteiger partial charge is 0.378 e. The molecule has 0 radical (unpaired) electrons. The zero-order chi connectivity index (χ0) is 21.4. The number of hydrogen-bond acceptors (Lipinski definition) is 7. The summed E-state index contributed by atoms with van der Waals surface area (Å²) in [5, 5.41) is 7.24. The zero-order valence-corrected chi connectivity index (χ0v) is 16.4. The number of para-hydroxylation sites is 2. The van der Waals surface area contributed by atoms with E-state index in [2.05, 4.69) is 30.4 Å². The number of halogens is 3. The molecule has 0 saturated carbocycles. The predicted molar refractivity (Wildman–Crippen MR) is 107 cm³/mol. The number of nitrogens with zero attached hydrogens (tertiary/aromatic N) is 6. The van der Waals surface area contributed by atoms with Gasteiger partial charge >= 0.3 is 6.18 Å². The van der Waals surface area contributed by atoms with Crippen molar-refractivity contribution in [1.29, 1.82) is 0 Å². The van der Waals surface area contributed by atoms with Gasteiger partial charge in [0.25, 0.3) is 0 Å². The van der Waals surface area contributed by atoms with Crippen molar-refractivity contribution in [3.63, 3.8) is 0 Å². The number of rotatable bonds is 5. The molecule has 3 aromatic heterocycles. The first kappa shape index (κ1) is 19.5. The Morgan fingerprint density at radius 3 is 2.68 bits per heavy atom. The minimum atomic E-state index is -4.37. The second kappa shape index (κ2) is 7.69. The molecular formula is C19H19F3N8O. The van der Waals surface area contributed by atoms with Crippen molar-refractivity contribution in [3.8, 4) is 0 Å². The van der Waals surface area contributed by atoms with Crippen molar-refractivity contribution in [2.75, 3.05) is 36.5 Å². The van der Waals surface area contributed by atoms with Gasteiger partial charge in [-0.05, 0) is 12.1 Å². The van der Waals surface area contributed by atoms with Crippen LogP contribution < -0.4 is 10.2 Å². The number of anilines is 2. The summed E-state index contributed by atoms with van der Waals surface area (Å²) in [7, 11) is 0. The van der Waals surface area contributed by atoms with Gasteiger partial charge < -0.3 is 19.9 Å². The molecule has 2 N–H and O–H groups in total. The van der Waals surface area contributed by atoms with E-state index in [0.717, 1.165) is 11.0 Å². The second-order valence-corrected chi connectivity index (χ2v) is 7.20. The fraction of sp³-hybridized carbons (Fsp3) is 0.368. The lowest BCUT2D eigenvalue weighted by Gasteiger charge is -2.27. The van der Waals surface area contributed by atoms with E-state index in [1.165, 1.54) is 10.7 Å². The van der Waals surface area contributed by atoms with Gasteiger partial charge in [0.05, 0.1) is 43.4 Å². The molecule has 0 amide bonds. The van der Waals surface area contributed by atoms with Crippen LogP contribution in [0.3, 0.4) is 0 Å². The summed E-state index contributed by atoms with van der Waals surface area (Å²) in [6.07, 6.45) is -4.29. The Bertz CT molecular complexity index is 1180. The van der Waals surface area contributed by atoms with Crippen molar-refractivity contribution in [1.82, 2.24) is 29.5 Å². The minimum absolute atomic E-state index is 0.00352. The quantitative estimate of drug-likeness (QED) is 0.500. The third-order valence-corrected chi connectivity index (χ3v) is 4.97. The number of fused-ring (bicyclic) bond motifs is 2. The fourth-order valence-corrected chi connectivity index (χ4v) is 3.52.